The van der Waals surface area contributed by atoms with Crippen molar-refractivity contribution in [1.29, 1.82) is 0 Å². The summed E-state index contributed by atoms with van der Waals surface area (Å²) >= 11 is 0. The van der Waals surface area contributed by atoms with Crippen molar-refractivity contribution >= 4 is 17.0 Å². The van der Waals surface area contributed by atoms with E-state index in [4.69, 9.17) is 4.74 Å². The Bertz CT molecular complexity index is 632. The molecule has 0 aliphatic rings. The van der Waals surface area contributed by atoms with Gasteiger partial charge < -0.3 is 14.4 Å². The highest BCUT2D eigenvalue weighted by molar-refractivity contribution is 6.01. The normalized spacial score (nSPS) is 11.4. The number of carboxylic acid groups (broad SMARTS) is 1. The van der Waals surface area contributed by atoms with E-state index in [9.17, 15) is 9.90 Å². The van der Waals surface area contributed by atoms with Crippen molar-refractivity contribution in [2.24, 2.45) is 0 Å². The molecule has 21 heavy (non-hydrogen) atoms. The molecule has 0 aliphatic carbocycles. The number of imidazole rings is 1. The SMILES string of the molecule is CCCc1nc2c(C(=O)O)cccc2n1CCOC(C)C. The first-order valence-corrected chi connectivity index (χ1v) is 7.37. The molecule has 5 heteroatoms. The van der Waals surface area contributed by atoms with E-state index in [1.165, 1.54) is 0 Å². The van der Waals surface area contributed by atoms with Crippen molar-refractivity contribution in [2.45, 2.75) is 46.3 Å². The first-order chi connectivity index (χ1) is 10.0. The Balaban J connectivity index is 2.42. The molecule has 0 saturated heterocycles. The number of para-hydroxylation sites is 1. The van der Waals surface area contributed by atoms with Crippen LogP contribution in [-0.4, -0.2) is 33.3 Å². The summed E-state index contributed by atoms with van der Waals surface area (Å²) in [5, 5.41) is 9.29. The maximum absolute atomic E-state index is 11.3. The maximum Gasteiger partial charge on any atom is 0.337 e. The van der Waals surface area contributed by atoms with Gasteiger partial charge in [-0.15, -0.1) is 0 Å². The first kappa shape index (κ1) is 15.5. The third-order valence-corrected chi connectivity index (χ3v) is 3.33. The second-order valence-electron chi connectivity index (χ2n) is 5.33. The second kappa shape index (κ2) is 6.72. The van der Waals surface area contributed by atoms with Crippen LogP contribution in [-0.2, 0) is 17.7 Å². The minimum absolute atomic E-state index is 0.184. The molecule has 1 N–H and O–H groups in total. The zero-order chi connectivity index (χ0) is 15.4. The quantitative estimate of drug-likeness (QED) is 0.851. The van der Waals surface area contributed by atoms with Crippen LogP contribution in [0.15, 0.2) is 18.2 Å². The lowest BCUT2D eigenvalue weighted by Gasteiger charge is -2.11. The van der Waals surface area contributed by atoms with Crippen LogP contribution in [0.25, 0.3) is 11.0 Å². The number of hydrogen-bond acceptors (Lipinski definition) is 3. The Kier molecular flexibility index (Phi) is 4.96. The number of carbonyl (C=O) groups is 1. The van der Waals surface area contributed by atoms with Crippen LogP contribution >= 0.6 is 0 Å². The molecular formula is C16H22N2O3. The van der Waals surface area contributed by atoms with Gasteiger partial charge in [0.15, 0.2) is 0 Å². The van der Waals surface area contributed by atoms with Gasteiger partial charge in [0.1, 0.15) is 11.3 Å². The van der Waals surface area contributed by atoms with E-state index in [0.29, 0.717) is 18.7 Å². The van der Waals surface area contributed by atoms with Gasteiger partial charge in [-0.2, -0.15) is 0 Å². The lowest BCUT2D eigenvalue weighted by molar-refractivity contribution is 0.0698. The molecule has 0 spiro atoms. The highest BCUT2D eigenvalue weighted by atomic mass is 16.5. The van der Waals surface area contributed by atoms with Gasteiger partial charge >= 0.3 is 5.97 Å². The smallest absolute Gasteiger partial charge is 0.337 e. The number of aromatic carboxylic acids is 1. The van der Waals surface area contributed by atoms with Crippen molar-refractivity contribution in [2.75, 3.05) is 6.61 Å². The molecule has 2 aromatic rings. The van der Waals surface area contributed by atoms with Gasteiger partial charge in [0.2, 0.25) is 0 Å². The Morgan fingerprint density at radius 2 is 2.19 bits per heavy atom. The lowest BCUT2D eigenvalue weighted by atomic mass is 10.2. The predicted molar refractivity (Wildman–Crippen MR) is 81.8 cm³/mol. The van der Waals surface area contributed by atoms with E-state index in [0.717, 1.165) is 24.2 Å². The van der Waals surface area contributed by atoms with Gasteiger partial charge in [0.05, 0.1) is 23.8 Å². The number of hydrogen-bond donors (Lipinski definition) is 1. The molecule has 0 atom stereocenters. The van der Waals surface area contributed by atoms with Crippen LogP contribution in [0.1, 0.15) is 43.4 Å². The number of carboxylic acids is 1. The highest BCUT2D eigenvalue weighted by Crippen LogP contribution is 2.21. The summed E-state index contributed by atoms with van der Waals surface area (Å²) in [4.78, 5) is 15.9. The number of ether oxygens (including phenoxy) is 1. The standard InChI is InChI=1S/C16H22N2O3/c1-4-6-14-17-15-12(16(19)20)7-5-8-13(15)18(14)9-10-21-11(2)3/h5,7-8,11H,4,6,9-10H2,1-3H3,(H,19,20). The summed E-state index contributed by atoms with van der Waals surface area (Å²) < 4.78 is 7.69. The number of rotatable bonds is 7. The highest BCUT2D eigenvalue weighted by Gasteiger charge is 2.16. The van der Waals surface area contributed by atoms with Crippen molar-refractivity contribution in [3.8, 4) is 0 Å². The van der Waals surface area contributed by atoms with Crippen LogP contribution in [0.3, 0.4) is 0 Å². The van der Waals surface area contributed by atoms with Gasteiger partial charge in [-0.1, -0.05) is 13.0 Å². The molecule has 1 aromatic heterocycles. The minimum Gasteiger partial charge on any atom is -0.478 e. The van der Waals surface area contributed by atoms with Crippen molar-refractivity contribution in [1.82, 2.24) is 9.55 Å². The molecule has 2 rings (SSSR count). The summed E-state index contributed by atoms with van der Waals surface area (Å²) in [7, 11) is 0. The Labute approximate surface area is 124 Å². The van der Waals surface area contributed by atoms with Crippen molar-refractivity contribution in [3.05, 3.63) is 29.6 Å². The molecule has 0 radical (unpaired) electrons. The lowest BCUT2D eigenvalue weighted by Crippen LogP contribution is -2.12. The molecular weight excluding hydrogens is 268 g/mol. The van der Waals surface area contributed by atoms with Crippen LogP contribution < -0.4 is 0 Å². The average molecular weight is 290 g/mol. The molecule has 1 heterocycles. The van der Waals surface area contributed by atoms with Gasteiger partial charge in [0, 0.05) is 13.0 Å². The molecule has 114 valence electrons. The van der Waals surface area contributed by atoms with E-state index < -0.39 is 5.97 Å². The molecule has 0 aliphatic heterocycles. The third kappa shape index (κ3) is 3.42. The molecule has 5 nitrogen and oxygen atoms in total. The maximum atomic E-state index is 11.3. The molecule has 0 fully saturated rings. The molecule has 0 bridgehead atoms. The number of benzene rings is 1. The number of aromatic nitrogens is 2. The first-order valence-electron chi connectivity index (χ1n) is 7.37. The monoisotopic (exact) mass is 290 g/mol. The number of fused-ring (bicyclic) bond motifs is 1. The van der Waals surface area contributed by atoms with Gasteiger partial charge in [-0.25, -0.2) is 9.78 Å². The Morgan fingerprint density at radius 1 is 1.43 bits per heavy atom. The molecule has 0 saturated carbocycles. The van der Waals surface area contributed by atoms with Crippen LogP contribution in [0.5, 0.6) is 0 Å². The van der Waals surface area contributed by atoms with Crippen molar-refractivity contribution < 1.29 is 14.6 Å². The number of nitrogens with zero attached hydrogens (tertiary/aromatic N) is 2. The summed E-state index contributed by atoms with van der Waals surface area (Å²) in [5.74, 6) is -0.0136. The molecule has 1 aromatic carbocycles. The second-order valence-corrected chi connectivity index (χ2v) is 5.33. The van der Waals surface area contributed by atoms with E-state index in [-0.39, 0.29) is 11.7 Å². The fourth-order valence-electron chi connectivity index (χ4n) is 2.41. The molecule has 0 amide bonds. The zero-order valence-corrected chi connectivity index (χ0v) is 12.8. The van der Waals surface area contributed by atoms with Gasteiger partial charge in [-0.3, -0.25) is 0 Å². The summed E-state index contributed by atoms with van der Waals surface area (Å²) in [6, 6.07) is 5.29. The zero-order valence-electron chi connectivity index (χ0n) is 12.8. The molecule has 0 unspecified atom stereocenters. The fraction of sp³-hybridized carbons (Fsp3) is 0.500. The summed E-state index contributed by atoms with van der Waals surface area (Å²) in [5.41, 5.74) is 1.69. The van der Waals surface area contributed by atoms with Gasteiger partial charge in [-0.05, 0) is 32.4 Å². The average Bonchev–Trinajstić information content (AvgIpc) is 2.76. The topological polar surface area (TPSA) is 64.3 Å². The van der Waals surface area contributed by atoms with Crippen molar-refractivity contribution in [3.63, 3.8) is 0 Å². The van der Waals surface area contributed by atoms with Crippen LogP contribution in [0.2, 0.25) is 0 Å². The minimum atomic E-state index is -0.938. The van der Waals surface area contributed by atoms with E-state index in [1.54, 1.807) is 12.1 Å². The Hall–Kier alpha value is -1.88. The summed E-state index contributed by atoms with van der Waals surface area (Å²) in [6.07, 6.45) is 1.98. The Morgan fingerprint density at radius 3 is 2.81 bits per heavy atom. The van der Waals surface area contributed by atoms with Gasteiger partial charge in [0.25, 0.3) is 0 Å². The van der Waals surface area contributed by atoms with E-state index in [1.807, 2.05) is 19.9 Å². The fourth-order valence-corrected chi connectivity index (χ4v) is 2.41. The number of aryl methyl sites for hydroxylation is 1. The third-order valence-electron chi connectivity index (χ3n) is 3.33. The van der Waals surface area contributed by atoms with Crippen LogP contribution in [0, 0.1) is 0 Å². The summed E-state index contributed by atoms with van der Waals surface area (Å²) in [6.45, 7) is 7.37. The largest absolute Gasteiger partial charge is 0.478 e. The van der Waals surface area contributed by atoms with E-state index >= 15 is 0 Å². The van der Waals surface area contributed by atoms with E-state index in [2.05, 4.69) is 16.5 Å². The van der Waals surface area contributed by atoms with Crippen LogP contribution in [0.4, 0.5) is 0 Å². The predicted octanol–water partition coefficient (Wildman–Crippen LogP) is 3.11.